The molecule has 1 saturated heterocycles. The second-order valence-corrected chi connectivity index (χ2v) is 5.57. The average molecular weight is 226 g/mol. The molecule has 0 radical (unpaired) electrons. The van der Waals surface area contributed by atoms with Gasteiger partial charge in [-0.25, -0.2) is 0 Å². The van der Waals surface area contributed by atoms with Crippen molar-refractivity contribution in [3.8, 4) is 0 Å². The molecule has 0 spiro atoms. The number of hydrogen-bond donors (Lipinski definition) is 1. The summed E-state index contributed by atoms with van der Waals surface area (Å²) < 4.78 is 5.46. The van der Waals surface area contributed by atoms with E-state index in [0.29, 0.717) is 0 Å². The molecule has 2 N–H and O–H groups in total. The first-order valence-corrected chi connectivity index (χ1v) is 6.76. The van der Waals surface area contributed by atoms with E-state index in [1.807, 2.05) is 0 Å². The van der Waals surface area contributed by atoms with Gasteiger partial charge in [0.05, 0.1) is 0 Å². The SMILES string of the molecule is CN(CC1CCCC1)C1(CN)CCOCC1. The summed E-state index contributed by atoms with van der Waals surface area (Å²) in [4.78, 5) is 2.53. The Morgan fingerprint density at radius 3 is 2.44 bits per heavy atom. The molecule has 1 aliphatic carbocycles. The zero-order valence-corrected chi connectivity index (χ0v) is 10.6. The van der Waals surface area contributed by atoms with Crippen molar-refractivity contribution in [2.24, 2.45) is 11.7 Å². The van der Waals surface area contributed by atoms with E-state index in [9.17, 15) is 0 Å². The van der Waals surface area contributed by atoms with Crippen LogP contribution in [-0.2, 0) is 4.74 Å². The predicted molar refractivity (Wildman–Crippen MR) is 66.4 cm³/mol. The van der Waals surface area contributed by atoms with Gasteiger partial charge in [-0.1, -0.05) is 12.8 Å². The summed E-state index contributed by atoms with van der Waals surface area (Å²) in [6, 6.07) is 0. The van der Waals surface area contributed by atoms with Gasteiger partial charge in [0, 0.05) is 31.8 Å². The van der Waals surface area contributed by atoms with Gasteiger partial charge in [-0.15, -0.1) is 0 Å². The maximum atomic E-state index is 6.02. The van der Waals surface area contributed by atoms with Gasteiger partial charge in [-0.3, -0.25) is 4.90 Å². The first-order chi connectivity index (χ1) is 7.77. The van der Waals surface area contributed by atoms with Crippen molar-refractivity contribution >= 4 is 0 Å². The summed E-state index contributed by atoms with van der Waals surface area (Å²) in [5.41, 5.74) is 6.24. The summed E-state index contributed by atoms with van der Waals surface area (Å²) in [7, 11) is 2.26. The van der Waals surface area contributed by atoms with E-state index in [-0.39, 0.29) is 5.54 Å². The average Bonchev–Trinajstić information content (AvgIpc) is 2.82. The van der Waals surface area contributed by atoms with Crippen LogP contribution < -0.4 is 5.73 Å². The lowest BCUT2D eigenvalue weighted by Gasteiger charge is -2.44. The Kier molecular flexibility index (Phi) is 4.22. The van der Waals surface area contributed by atoms with Crippen LogP contribution in [0.2, 0.25) is 0 Å². The number of nitrogens with zero attached hydrogens (tertiary/aromatic N) is 1. The number of likely N-dealkylation sites (N-methyl/N-ethyl adjacent to an activating group) is 1. The molecule has 2 rings (SSSR count). The topological polar surface area (TPSA) is 38.5 Å². The van der Waals surface area contributed by atoms with Gasteiger partial charge in [-0.2, -0.15) is 0 Å². The van der Waals surface area contributed by atoms with Gasteiger partial charge in [0.2, 0.25) is 0 Å². The molecular weight excluding hydrogens is 200 g/mol. The largest absolute Gasteiger partial charge is 0.381 e. The molecule has 0 atom stereocenters. The molecule has 0 bridgehead atoms. The summed E-state index contributed by atoms with van der Waals surface area (Å²) in [5.74, 6) is 0.913. The number of hydrogen-bond acceptors (Lipinski definition) is 3. The maximum Gasteiger partial charge on any atom is 0.0484 e. The lowest BCUT2D eigenvalue weighted by molar-refractivity contribution is -0.0181. The van der Waals surface area contributed by atoms with Crippen molar-refractivity contribution in [1.82, 2.24) is 4.90 Å². The second-order valence-electron chi connectivity index (χ2n) is 5.57. The monoisotopic (exact) mass is 226 g/mol. The van der Waals surface area contributed by atoms with E-state index in [4.69, 9.17) is 10.5 Å². The molecule has 1 heterocycles. The van der Waals surface area contributed by atoms with E-state index in [1.165, 1.54) is 32.2 Å². The molecule has 3 nitrogen and oxygen atoms in total. The standard InChI is InChI=1S/C13H26N2O/c1-15(10-12-4-2-3-5-12)13(11-14)6-8-16-9-7-13/h12H,2-11,14H2,1H3. The highest BCUT2D eigenvalue weighted by atomic mass is 16.5. The van der Waals surface area contributed by atoms with Crippen LogP contribution in [0.1, 0.15) is 38.5 Å². The Bertz CT molecular complexity index is 208. The molecule has 3 heteroatoms. The Morgan fingerprint density at radius 2 is 1.88 bits per heavy atom. The summed E-state index contributed by atoms with van der Waals surface area (Å²) in [5, 5.41) is 0. The molecule has 1 saturated carbocycles. The minimum atomic E-state index is 0.223. The summed E-state index contributed by atoms with van der Waals surface area (Å²) in [6.07, 6.45) is 7.90. The minimum Gasteiger partial charge on any atom is -0.381 e. The van der Waals surface area contributed by atoms with Crippen molar-refractivity contribution in [3.05, 3.63) is 0 Å². The molecule has 1 aliphatic heterocycles. The molecule has 0 aromatic heterocycles. The Balaban J connectivity index is 1.91. The fourth-order valence-electron chi connectivity index (χ4n) is 3.27. The molecule has 0 aromatic rings. The molecule has 94 valence electrons. The fraction of sp³-hybridized carbons (Fsp3) is 1.00. The second kappa shape index (κ2) is 5.48. The summed E-state index contributed by atoms with van der Waals surface area (Å²) in [6.45, 7) is 3.77. The fourth-order valence-corrected chi connectivity index (χ4v) is 3.27. The minimum absolute atomic E-state index is 0.223. The van der Waals surface area contributed by atoms with E-state index in [2.05, 4.69) is 11.9 Å². The third-order valence-corrected chi connectivity index (χ3v) is 4.62. The first kappa shape index (κ1) is 12.3. The van der Waals surface area contributed by atoms with E-state index < -0.39 is 0 Å². The van der Waals surface area contributed by atoms with Gasteiger partial charge in [0.15, 0.2) is 0 Å². The van der Waals surface area contributed by atoms with Crippen molar-refractivity contribution in [3.63, 3.8) is 0 Å². The van der Waals surface area contributed by atoms with E-state index in [1.54, 1.807) is 0 Å². The van der Waals surface area contributed by atoms with Crippen molar-refractivity contribution in [1.29, 1.82) is 0 Å². The van der Waals surface area contributed by atoms with Crippen LogP contribution >= 0.6 is 0 Å². The number of ether oxygens (including phenoxy) is 1. The smallest absolute Gasteiger partial charge is 0.0484 e. The zero-order valence-electron chi connectivity index (χ0n) is 10.6. The van der Waals surface area contributed by atoms with Crippen LogP contribution in [0.5, 0.6) is 0 Å². The highest BCUT2D eigenvalue weighted by Gasteiger charge is 2.36. The van der Waals surface area contributed by atoms with Gasteiger partial charge in [0.1, 0.15) is 0 Å². The molecule has 0 unspecified atom stereocenters. The Morgan fingerprint density at radius 1 is 1.25 bits per heavy atom. The molecule has 0 aromatic carbocycles. The Hall–Kier alpha value is -0.120. The number of rotatable bonds is 4. The predicted octanol–water partition coefficient (Wildman–Crippen LogP) is 1.62. The molecule has 16 heavy (non-hydrogen) atoms. The zero-order chi connectivity index (χ0) is 11.4. The van der Waals surface area contributed by atoms with Crippen LogP contribution in [0.15, 0.2) is 0 Å². The van der Waals surface area contributed by atoms with Crippen molar-refractivity contribution in [2.45, 2.75) is 44.1 Å². The third-order valence-electron chi connectivity index (χ3n) is 4.62. The van der Waals surface area contributed by atoms with Crippen LogP contribution in [0.3, 0.4) is 0 Å². The van der Waals surface area contributed by atoms with Gasteiger partial charge >= 0.3 is 0 Å². The molecule has 2 aliphatic rings. The van der Waals surface area contributed by atoms with E-state index in [0.717, 1.165) is 38.5 Å². The van der Waals surface area contributed by atoms with Crippen LogP contribution in [0.4, 0.5) is 0 Å². The lowest BCUT2D eigenvalue weighted by atomic mass is 9.87. The van der Waals surface area contributed by atoms with Gasteiger partial charge in [-0.05, 0) is 38.6 Å². The Labute approximate surface area is 99.3 Å². The van der Waals surface area contributed by atoms with Crippen LogP contribution in [0, 0.1) is 5.92 Å². The lowest BCUT2D eigenvalue weighted by Crippen LogP contribution is -2.56. The maximum absolute atomic E-state index is 6.02. The highest BCUT2D eigenvalue weighted by molar-refractivity contribution is 4.93. The third kappa shape index (κ3) is 2.58. The van der Waals surface area contributed by atoms with Crippen molar-refractivity contribution < 1.29 is 4.74 Å². The quantitative estimate of drug-likeness (QED) is 0.791. The van der Waals surface area contributed by atoms with Gasteiger partial charge < -0.3 is 10.5 Å². The summed E-state index contributed by atoms with van der Waals surface area (Å²) >= 11 is 0. The van der Waals surface area contributed by atoms with E-state index >= 15 is 0 Å². The number of nitrogens with two attached hydrogens (primary N) is 1. The first-order valence-electron chi connectivity index (χ1n) is 6.76. The molecule has 2 fully saturated rings. The van der Waals surface area contributed by atoms with Crippen LogP contribution in [0.25, 0.3) is 0 Å². The molecule has 0 amide bonds. The normalized spacial score (nSPS) is 26.4. The molecular formula is C13H26N2O. The van der Waals surface area contributed by atoms with Crippen molar-refractivity contribution in [2.75, 3.05) is 33.4 Å². The van der Waals surface area contributed by atoms with Gasteiger partial charge in [0.25, 0.3) is 0 Å². The van der Waals surface area contributed by atoms with Crippen LogP contribution in [-0.4, -0.2) is 43.8 Å². The highest BCUT2D eigenvalue weighted by Crippen LogP contribution is 2.31.